The van der Waals surface area contributed by atoms with Crippen LogP contribution in [0.4, 0.5) is 5.69 Å². The van der Waals surface area contributed by atoms with Crippen molar-refractivity contribution >= 4 is 57.6 Å². The van der Waals surface area contributed by atoms with Gasteiger partial charge in [0.15, 0.2) is 5.11 Å². The molecule has 0 aromatic heterocycles. The van der Waals surface area contributed by atoms with Crippen LogP contribution in [0.3, 0.4) is 0 Å². The van der Waals surface area contributed by atoms with E-state index in [-0.39, 0.29) is 21.9 Å². The molecule has 182 valence electrons. The van der Waals surface area contributed by atoms with E-state index in [2.05, 4.69) is 29.6 Å². The minimum atomic E-state index is -1.14. The average Bonchev–Trinajstić information content (AvgIpc) is 2.90. The smallest absolute Gasteiger partial charge is 0.335 e. The Morgan fingerprint density at radius 2 is 1.68 bits per heavy atom. The van der Waals surface area contributed by atoms with Crippen molar-refractivity contribution in [1.82, 2.24) is 5.32 Å². The summed E-state index contributed by atoms with van der Waals surface area (Å²) >= 11 is 5.18. The summed E-state index contributed by atoms with van der Waals surface area (Å²) < 4.78 is 5.91. The van der Waals surface area contributed by atoms with Gasteiger partial charge in [0.25, 0.3) is 11.8 Å². The zero-order chi connectivity index (χ0) is 25.9. The molecular formula is C29H20N2O5S. The molecule has 0 radical (unpaired) electrons. The van der Waals surface area contributed by atoms with Gasteiger partial charge < -0.3 is 9.84 Å². The molecule has 0 bridgehead atoms. The number of hydrogen-bond acceptors (Lipinski definition) is 5. The molecule has 8 heteroatoms. The van der Waals surface area contributed by atoms with Crippen LogP contribution in [0.5, 0.6) is 5.75 Å². The van der Waals surface area contributed by atoms with E-state index in [1.54, 1.807) is 30.3 Å². The van der Waals surface area contributed by atoms with E-state index in [1.165, 1.54) is 29.7 Å². The van der Waals surface area contributed by atoms with Gasteiger partial charge in [-0.3, -0.25) is 19.8 Å². The lowest BCUT2D eigenvalue weighted by atomic mass is 10.1. The summed E-state index contributed by atoms with van der Waals surface area (Å²) in [5.41, 5.74) is 1.77. The maximum atomic E-state index is 13.2. The maximum Gasteiger partial charge on any atom is 0.335 e. The molecule has 4 aromatic carbocycles. The number of carbonyl (C=O) groups excluding carboxylic acids is 2. The fraction of sp³-hybridized carbons (Fsp3) is 0.0345. The third-order valence-electron chi connectivity index (χ3n) is 5.86. The molecule has 0 saturated carbocycles. The van der Waals surface area contributed by atoms with E-state index in [4.69, 9.17) is 17.0 Å². The molecule has 1 saturated heterocycles. The van der Waals surface area contributed by atoms with Gasteiger partial charge in [-0.15, -0.1) is 0 Å². The number of nitrogens with zero attached hydrogens (tertiary/aromatic N) is 1. The Kier molecular flexibility index (Phi) is 6.49. The molecule has 0 unspecified atom stereocenters. The van der Waals surface area contributed by atoms with Crippen LogP contribution >= 0.6 is 12.2 Å². The summed E-state index contributed by atoms with van der Waals surface area (Å²) in [6.45, 7) is 0.397. The van der Waals surface area contributed by atoms with Crippen LogP contribution < -0.4 is 15.0 Å². The normalized spacial score (nSPS) is 14.6. The number of aromatic carboxylic acids is 1. The molecule has 0 spiro atoms. The summed E-state index contributed by atoms with van der Waals surface area (Å²) in [6.07, 6.45) is 1.46. The van der Waals surface area contributed by atoms with Crippen molar-refractivity contribution in [3.8, 4) is 5.75 Å². The minimum absolute atomic E-state index is 0.00481. The SMILES string of the molecule is O=C1NC(=S)N(c2cccc(C(=O)O)c2)C(=O)C1=Cc1ccc(OCc2ccc3ccccc3c2)cc1. The van der Waals surface area contributed by atoms with E-state index < -0.39 is 17.8 Å². The lowest BCUT2D eigenvalue weighted by Gasteiger charge is -2.29. The Morgan fingerprint density at radius 1 is 0.919 bits per heavy atom. The number of ether oxygens (including phenoxy) is 1. The number of fused-ring (bicyclic) bond motifs is 1. The van der Waals surface area contributed by atoms with Crippen molar-refractivity contribution in [2.75, 3.05) is 4.90 Å². The number of carboxylic acid groups (broad SMARTS) is 1. The second-order valence-electron chi connectivity index (χ2n) is 8.35. The largest absolute Gasteiger partial charge is 0.489 e. The second kappa shape index (κ2) is 10.0. The van der Waals surface area contributed by atoms with E-state index in [9.17, 15) is 19.5 Å². The van der Waals surface area contributed by atoms with Crippen molar-refractivity contribution in [3.63, 3.8) is 0 Å². The summed E-state index contributed by atoms with van der Waals surface area (Å²) in [6, 6.07) is 27.1. The molecule has 0 atom stereocenters. The van der Waals surface area contributed by atoms with Crippen LogP contribution in [0.1, 0.15) is 21.5 Å². The molecule has 7 nitrogen and oxygen atoms in total. The zero-order valence-electron chi connectivity index (χ0n) is 19.4. The van der Waals surface area contributed by atoms with E-state index in [0.29, 0.717) is 17.9 Å². The Hall–Kier alpha value is -4.82. The van der Waals surface area contributed by atoms with Crippen molar-refractivity contribution in [3.05, 3.63) is 113 Å². The van der Waals surface area contributed by atoms with Crippen LogP contribution in [0.25, 0.3) is 16.8 Å². The number of nitrogens with one attached hydrogen (secondary N) is 1. The van der Waals surface area contributed by atoms with E-state index in [0.717, 1.165) is 15.8 Å². The van der Waals surface area contributed by atoms with Crippen LogP contribution in [0, 0.1) is 0 Å². The fourth-order valence-corrected chi connectivity index (χ4v) is 4.27. The Balaban J connectivity index is 1.32. The van der Waals surface area contributed by atoms with E-state index in [1.807, 2.05) is 18.2 Å². The van der Waals surface area contributed by atoms with Gasteiger partial charge in [0.2, 0.25) is 0 Å². The summed E-state index contributed by atoms with van der Waals surface area (Å²) in [5, 5.41) is 14.0. The lowest BCUT2D eigenvalue weighted by molar-refractivity contribution is -0.122. The highest BCUT2D eigenvalue weighted by molar-refractivity contribution is 7.80. The highest BCUT2D eigenvalue weighted by Gasteiger charge is 2.34. The molecule has 5 rings (SSSR count). The van der Waals surface area contributed by atoms with Gasteiger partial charge >= 0.3 is 5.97 Å². The number of benzene rings is 4. The summed E-state index contributed by atoms with van der Waals surface area (Å²) in [5.74, 6) is -1.77. The molecule has 4 aromatic rings. The first kappa shape index (κ1) is 23.9. The second-order valence-corrected chi connectivity index (χ2v) is 8.74. The Bertz CT molecular complexity index is 1590. The number of anilines is 1. The quantitative estimate of drug-likeness (QED) is 0.217. The molecular weight excluding hydrogens is 488 g/mol. The van der Waals surface area contributed by atoms with Crippen LogP contribution in [-0.4, -0.2) is 28.0 Å². The van der Waals surface area contributed by atoms with Gasteiger partial charge in [0.1, 0.15) is 17.9 Å². The lowest BCUT2D eigenvalue weighted by Crippen LogP contribution is -2.54. The Morgan fingerprint density at radius 3 is 2.43 bits per heavy atom. The predicted octanol–water partition coefficient (Wildman–Crippen LogP) is 4.95. The molecule has 2 amide bonds. The van der Waals surface area contributed by atoms with Crippen LogP contribution in [0.15, 0.2) is 96.6 Å². The fourth-order valence-electron chi connectivity index (χ4n) is 3.99. The van der Waals surface area contributed by atoms with Gasteiger partial charge in [-0.1, -0.05) is 54.6 Å². The molecule has 1 fully saturated rings. The average molecular weight is 509 g/mol. The van der Waals surface area contributed by atoms with Crippen molar-refractivity contribution < 1.29 is 24.2 Å². The standard InChI is InChI=1S/C29H20N2O5S/c32-26-25(27(33)31(29(37)30-26)23-7-3-6-22(16-23)28(34)35)15-18-9-12-24(13-10-18)36-17-19-8-11-20-4-1-2-5-21(20)14-19/h1-16H,17H2,(H,34,35)(H,30,32,37). The molecule has 1 heterocycles. The number of thiocarbonyl (C=S) groups is 1. The molecule has 37 heavy (non-hydrogen) atoms. The molecule has 0 aliphatic carbocycles. The topological polar surface area (TPSA) is 95.9 Å². The summed E-state index contributed by atoms with van der Waals surface area (Å²) in [4.78, 5) is 38.2. The van der Waals surface area contributed by atoms with Crippen molar-refractivity contribution in [2.45, 2.75) is 6.61 Å². The maximum absolute atomic E-state index is 13.2. The van der Waals surface area contributed by atoms with Gasteiger partial charge in [-0.25, -0.2) is 4.79 Å². The van der Waals surface area contributed by atoms with Crippen molar-refractivity contribution in [1.29, 1.82) is 0 Å². The van der Waals surface area contributed by atoms with Crippen molar-refractivity contribution in [2.24, 2.45) is 0 Å². The van der Waals surface area contributed by atoms with Crippen LogP contribution in [0.2, 0.25) is 0 Å². The first-order chi connectivity index (χ1) is 17.9. The number of carboxylic acids is 1. The molecule has 1 aliphatic heterocycles. The predicted molar refractivity (Wildman–Crippen MR) is 144 cm³/mol. The number of hydrogen-bond donors (Lipinski definition) is 2. The highest BCUT2D eigenvalue weighted by Crippen LogP contribution is 2.24. The monoisotopic (exact) mass is 508 g/mol. The number of carbonyl (C=O) groups is 3. The first-order valence-corrected chi connectivity index (χ1v) is 11.8. The highest BCUT2D eigenvalue weighted by atomic mass is 32.1. The zero-order valence-corrected chi connectivity index (χ0v) is 20.2. The first-order valence-electron chi connectivity index (χ1n) is 11.3. The van der Waals surface area contributed by atoms with E-state index >= 15 is 0 Å². The van der Waals surface area contributed by atoms with Crippen LogP contribution in [-0.2, 0) is 16.2 Å². The third-order valence-corrected chi connectivity index (χ3v) is 6.15. The number of rotatable bonds is 6. The number of amides is 2. The third kappa shape index (κ3) is 5.10. The summed E-state index contributed by atoms with van der Waals surface area (Å²) in [7, 11) is 0. The van der Waals surface area contributed by atoms with Gasteiger partial charge in [-0.2, -0.15) is 0 Å². The van der Waals surface area contributed by atoms with Gasteiger partial charge in [-0.05, 0) is 76.6 Å². The van der Waals surface area contributed by atoms with Gasteiger partial charge in [0.05, 0.1) is 11.3 Å². The Labute approximate surface area is 217 Å². The minimum Gasteiger partial charge on any atom is -0.489 e. The molecule has 2 N–H and O–H groups in total. The van der Waals surface area contributed by atoms with Gasteiger partial charge in [0, 0.05) is 0 Å². The molecule has 1 aliphatic rings.